The summed E-state index contributed by atoms with van der Waals surface area (Å²) in [6.07, 6.45) is 1.24. The maximum Gasteiger partial charge on any atom is 0.303 e. The zero-order valence-electron chi connectivity index (χ0n) is 22.8. The van der Waals surface area contributed by atoms with Crippen LogP contribution in [0.1, 0.15) is 36.8 Å². The van der Waals surface area contributed by atoms with Gasteiger partial charge in [0.15, 0.2) is 0 Å². The molecule has 2 aromatic carbocycles. The molecule has 1 saturated heterocycles. The van der Waals surface area contributed by atoms with Crippen molar-refractivity contribution in [2.24, 2.45) is 5.92 Å². The number of phenolic OH excluding ortho intramolecular Hbond substituents is 1. The number of aromatic nitrogens is 2. The number of nitrogens with zero attached hydrogens (tertiary/aromatic N) is 3. The zero-order chi connectivity index (χ0) is 30.5. The van der Waals surface area contributed by atoms with Crippen molar-refractivity contribution in [1.82, 2.24) is 19.8 Å². The van der Waals surface area contributed by atoms with Crippen molar-refractivity contribution in [3.8, 4) is 17.1 Å². The molecule has 42 heavy (non-hydrogen) atoms. The first-order valence-corrected chi connectivity index (χ1v) is 16.5. The molecule has 4 rings (SSSR count). The lowest BCUT2D eigenvalue weighted by molar-refractivity contribution is -0.137. The van der Waals surface area contributed by atoms with Crippen molar-refractivity contribution in [1.29, 1.82) is 0 Å². The van der Waals surface area contributed by atoms with Gasteiger partial charge in [-0.2, -0.15) is 9.29 Å². The fraction of sp³-hybridized carbons (Fsp3) is 0.423. The third kappa shape index (κ3) is 8.25. The molecule has 3 aromatic rings. The number of sulfonamides is 2. The van der Waals surface area contributed by atoms with Crippen LogP contribution in [0.5, 0.6) is 5.75 Å². The first-order valence-electron chi connectivity index (χ1n) is 13.2. The highest BCUT2D eigenvalue weighted by atomic mass is 32.2. The van der Waals surface area contributed by atoms with Crippen molar-refractivity contribution >= 4 is 31.7 Å². The Balaban J connectivity index is 1.26. The molecule has 0 saturated carbocycles. The standard InChI is InChI=1S/C26H33N5O9S2/c1-41(36,37)30-21-14-19(4-7-22(21)32)23(33)16-27-15-17-10-12-31(13-11-17)42(38,39)20-5-2-18(3-6-20)26-28-24(40-29-26)8-9-25(34)35/h2-7,14,17,23,27,30,32-33H,8-13,15-16H2,1H3,(H,34,35)/t23-/m0/s1. The Kier molecular flexibility index (Phi) is 9.83. The Morgan fingerprint density at radius 1 is 1.12 bits per heavy atom. The van der Waals surface area contributed by atoms with Crippen LogP contribution in [0.2, 0.25) is 0 Å². The van der Waals surface area contributed by atoms with Gasteiger partial charge in [0.2, 0.25) is 31.8 Å². The predicted molar refractivity (Wildman–Crippen MR) is 152 cm³/mol. The number of rotatable bonds is 13. The van der Waals surface area contributed by atoms with E-state index in [1.807, 2.05) is 0 Å². The van der Waals surface area contributed by atoms with Gasteiger partial charge < -0.3 is 25.2 Å². The Bertz CT molecular complexity index is 1600. The van der Waals surface area contributed by atoms with E-state index in [0.717, 1.165) is 6.26 Å². The van der Waals surface area contributed by atoms with E-state index in [0.29, 0.717) is 43.6 Å². The van der Waals surface area contributed by atoms with Crippen LogP contribution in [0.3, 0.4) is 0 Å². The number of carboxylic acids is 1. The van der Waals surface area contributed by atoms with Gasteiger partial charge in [-0.05, 0) is 67.3 Å². The molecule has 0 unspecified atom stereocenters. The molecule has 0 radical (unpaired) electrons. The van der Waals surface area contributed by atoms with Gasteiger partial charge in [-0.1, -0.05) is 11.2 Å². The van der Waals surface area contributed by atoms with Gasteiger partial charge in [0, 0.05) is 31.6 Å². The highest BCUT2D eigenvalue weighted by molar-refractivity contribution is 7.92. The second kappa shape index (κ2) is 13.2. The molecule has 0 spiro atoms. The fourth-order valence-corrected chi connectivity index (χ4v) is 6.58. The summed E-state index contributed by atoms with van der Waals surface area (Å²) in [5, 5.41) is 36.2. The van der Waals surface area contributed by atoms with Gasteiger partial charge in [-0.15, -0.1) is 0 Å². The van der Waals surface area contributed by atoms with Crippen LogP contribution in [0, 0.1) is 5.92 Å². The molecule has 0 aliphatic carbocycles. The molecule has 16 heteroatoms. The molecule has 1 atom stereocenters. The first-order chi connectivity index (χ1) is 19.8. The fourth-order valence-electron chi connectivity index (χ4n) is 4.55. The average molecular weight is 624 g/mol. The third-order valence-electron chi connectivity index (χ3n) is 6.82. The lowest BCUT2D eigenvalue weighted by Crippen LogP contribution is -2.41. The number of hydrogen-bond donors (Lipinski definition) is 5. The minimum atomic E-state index is -3.71. The van der Waals surface area contributed by atoms with Gasteiger partial charge in [0.25, 0.3) is 0 Å². The van der Waals surface area contributed by atoms with E-state index in [9.17, 15) is 31.8 Å². The summed E-state index contributed by atoms with van der Waals surface area (Å²) in [5.41, 5.74) is 0.951. The van der Waals surface area contributed by atoms with Crippen LogP contribution in [0.25, 0.3) is 11.4 Å². The summed E-state index contributed by atoms with van der Waals surface area (Å²) in [7, 11) is -7.31. The normalized spacial score (nSPS) is 15.9. The Labute approximate surface area is 243 Å². The van der Waals surface area contributed by atoms with Gasteiger partial charge in [0.1, 0.15) is 5.75 Å². The summed E-state index contributed by atoms with van der Waals surface area (Å²) >= 11 is 0. The van der Waals surface area contributed by atoms with Crippen molar-refractivity contribution in [3.05, 3.63) is 53.9 Å². The van der Waals surface area contributed by atoms with Crippen LogP contribution in [0.15, 0.2) is 51.9 Å². The maximum atomic E-state index is 13.2. The Morgan fingerprint density at radius 3 is 2.45 bits per heavy atom. The molecule has 1 aliphatic heterocycles. The molecule has 228 valence electrons. The number of piperidine rings is 1. The smallest absolute Gasteiger partial charge is 0.303 e. The predicted octanol–water partition coefficient (Wildman–Crippen LogP) is 1.55. The van der Waals surface area contributed by atoms with E-state index in [1.54, 1.807) is 12.1 Å². The van der Waals surface area contributed by atoms with Gasteiger partial charge in [-0.25, -0.2) is 16.8 Å². The summed E-state index contributed by atoms with van der Waals surface area (Å²) < 4.78 is 58.1. The number of benzene rings is 2. The quantitative estimate of drug-likeness (QED) is 0.172. The Morgan fingerprint density at radius 2 is 1.81 bits per heavy atom. The van der Waals surface area contributed by atoms with Gasteiger partial charge in [-0.3, -0.25) is 9.52 Å². The monoisotopic (exact) mass is 623 g/mol. The van der Waals surface area contributed by atoms with Crippen molar-refractivity contribution in [2.45, 2.75) is 36.7 Å². The highest BCUT2D eigenvalue weighted by Crippen LogP contribution is 2.28. The van der Waals surface area contributed by atoms with Crippen LogP contribution in [0.4, 0.5) is 5.69 Å². The van der Waals surface area contributed by atoms with Crippen LogP contribution >= 0.6 is 0 Å². The molecule has 1 aromatic heterocycles. The van der Waals surface area contributed by atoms with E-state index < -0.39 is 32.1 Å². The van der Waals surface area contributed by atoms with Crippen molar-refractivity contribution in [3.63, 3.8) is 0 Å². The SMILES string of the molecule is CS(=O)(=O)Nc1cc([C@@H](O)CNCC2CCN(S(=O)(=O)c3ccc(-c4noc(CCC(=O)O)n4)cc3)CC2)ccc1O. The zero-order valence-corrected chi connectivity index (χ0v) is 24.4. The second-order valence-electron chi connectivity index (χ2n) is 10.1. The highest BCUT2D eigenvalue weighted by Gasteiger charge is 2.29. The number of carboxylic acid groups (broad SMARTS) is 1. The number of anilines is 1. The summed E-state index contributed by atoms with van der Waals surface area (Å²) in [5.74, 6) is -0.601. The number of aromatic hydroxyl groups is 1. The Hall–Kier alpha value is -3.57. The summed E-state index contributed by atoms with van der Waals surface area (Å²) in [6, 6.07) is 10.3. The topological polar surface area (TPSA) is 212 Å². The minimum Gasteiger partial charge on any atom is -0.506 e. The van der Waals surface area contributed by atoms with E-state index in [4.69, 9.17) is 9.63 Å². The van der Waals surface area contributed by atoms with Crippen LogP contribution in [-0.2, 0) is 31.3 Å². The van der Waals surface area contributed by atoms with Crippen molar-refractivity contribution < 1.29 is 41.5 Å². The number of hydrogen-bond acceptors (Lipinski definition) is 11. The maximum absolute atomic E-state index is 13.2. The largest absolute Gasteiger partial charge is 0.506 e. The number of aryl methyl sites for hydroxylation is 1. The van der Waals surface area contributed by atoms with Gasteiger partial charge in [0.05, 0.1) is 29.4 Å². The van der Waals surface area contributed by atoms with Crippen molar-refractivity contribution in [2.75, 3.05) is 37.2 Å². The lowest BCUT2D eigenvalue weighted by Gasteiger charge is -2.31. The molecular formula is C26H33N5O9S2. The number of aliphatic carboxylic acids is 1. The molecule has 1 aliphatic rings. The molecule has 0 bridgehead atoms. The number of aliphatic hydroxyl groups excluding tert-OH is 1. The van der Waals surface area contributed by atoms with E-state index in [-0.39, 0.29) is 53.4 Å². The number of carbonyl (C=O) groups is 1. The molecule has 5 N–H and O–H groups in total. The van der Waals surface area contributed by atoms with Gasteiger partial charge >= 0.3 is 5.97 Å². The second-order valence-corrected chi connectivity index (χ2v) is 13.8. The van der Waals surface area contributed by atoms with Crippen LogP contribution in [-0.4, -0.2) is 85.0 Å². The number of aliphatic hydroxyl groups is 1. The number of phenols is 1. The minimum absolute atomic E-state index is 0.0193. The molecule has 14 nitrogen and oxygen atoms in total. The van der Waals surface area contributed by atoms with Crippen LogP contribution < -0.4 is 10.0 Å². The average Bonchev–Trinajstić information content (AvgIpc) is 3.42. The third-order valence-corrected chi connectivity index (χ3v) is 9.32. The summed E-state index contributed by atoms with van der Waals surface area (Å²) in [4.78, 5) is 15.0. The van der Waals surface area contributed by atoms with E-state index in [1.165, 1.54) is 34.6 Å². The van der Waals surface area contributed by atoms with E-state index in [2.05, 4.69) is 20.2 Å². The molecule has 1 fully saturated rings. The molecule has 2 heterocycles. The van der Waals surface area contributed by atoms with E-state index >= 15 is 0 Å². The first kappa shape index (κ1) is 31.4. The summed E-state index contributed by atoms with van der Waals surface area (Å²) in [6.45, 7) is 1.44. The lowest BCUT2D eigenvalue weighted by atomic mass is 9.98. The molecular weight excluding hydrogens is 590 g/mol. The molecule has 0 amide bonds. The number of nitrogens with one attached hydrogen (secondary N) is 2.